The summed E-state index contributed by atoms with van der Waals surface area (Å²) in [4.78, 5) is 4.40. The quantitative estimate of drug-likeness (QED) is 0.478. The van der Waals surface area contributed by atoms with E-state index in [0.29, 0.717) is 5.92 Å². The number of amidine groups is 1. The summed E-state index contributed by atoms with van der Waals surface area (Å²) in [6.07, 6.45) is 0.896. The molecular weight excluding hydrogens is 328 g/mol. The average Bonchev–Trinajstić information content (AvgIpc) is 2.52. The second-order valence-electron chi connectivity index (χ2n) is 6.97. The zero-order chi connectivity index (χ0) is 18.6. The van der Waals surface area contributed by atoms with Crippen LogP contribution in [0.1, 0.15) is 61.4 Å². The van der Waals surface area contributed by atoms with E-state index in [0.717, 1.165) is 29.5 Å². The molecule has 25 heavy (non-hydrogen) atoms. The predicted octanol–water partition coefficient (Wildman–Crippen LogP) is 6.52. The first-order valence-electron chi connectivity index (χ1n) is 8.98. The molecule has 2 rings (SSSR count). The molecule has 2 nitrogen and oxygen atoms in total. The van der Waals surface area contributed by atoms with Gasteiger partial charge < -0.3 is 5.32 Å². The van der Waals surface area contributed by atoms with Crippen LogP contribution in [0.2, 0.25) is 5.02 Å². The maximum absolute atomic E-state index is 6.45. The number of aliphatic imine (C=N–C) groups is 1. The van der Waals surface area contributed by atoms with Crippen LogP contribution in [-0.2, 0) is 6.42 Å². The molecular formula is C22H29ClN2. The summed E-state index contributed by atoms with van der Waals surface area (Å²) in [5.41, 5.74) is 7.44. The fraction of sp³-hybridized carbons (Fsp3) is 0.409. The van der Waals surface area contributed by atoms with Gasteiger partial charge in [0.2, 0.25) is 0 Å². The van der Waals surface area contributed by atoms with Gasteiger partial charge in [0.1, 0.15) is 0 Å². The summed E-state index contributed by atoms with van der Waals surface area (Å²) in [6.45, 7) is 13.5. The van der Waals surface area contributed by atoms with Crippen molar-refractivity contribution < 1.29 is 0 Å². The van der Waals surface area contributed by atoms with Crippen LogP contribution in [0.25, 0.3) is 0 Å². The third kappa shape index (κ3) is 5.09. The van der Waals surface area contributed by atoms with Gasteiger partial charge in [-0.2, -0.15) is 0 Å². The molecule has 2 aromatic carbocycles. The molecule has 0 radical (unpaired) electrons. The minimum Gasteiger partial charge on any atom is -0.344 e. The molecule has 0 atom stereocenters. The first kappa shape index (κ1) is 19.5. The van der Waals surface area contributed by atoms with E-state index in [2.05, 4.69) is 68.3 Å². The molecule has 0 aliphatic rings. The maximum atomic E-state index is 6.45. The van der Waals surface area contributed by atoms with Gasteiger partial charge in [0.15, 0.2) is 0 Å². The van der Waals surface area contributed by atoms with Gasteiger partial charge in [-0.25, -0.2) is 0 Å². The van der Waals surface area contributed by atoms with Crippen LogP contribution in [0.4, 0.5) is 5.69 Å². The van der Waals surface area contributed by atoms with Gasteiger partial charge in [0, 0.05) is 17.3 Å². The SMILES string of the molecule is CCN=C(C)Nc1cc(C)c(Cc2ccc(C(C)C)c(Cl)c2)cc1C. The van der Waals surface area contributed by atoms with Crippen LogP contribution in [0.15, 0.2) is 35.3 Å². The Morgan fingerprint density at radius 3 is 2.44 bits per heavy atom. The smallest absolute Gasteiger partial charge is 0.0975 e. The number of anilines is 1. The first-order valence-corrected chi connectivity index (χ1v) is 9.36. The number of halogens is 1. The van der Waals surface area contributed by atoms with Gasteiger partial charge in [-0.15, -0.1) is 0 Å². The second-order valence-corrected chi connectivity index (χ2v) is 7.37. The number of nitrogens with zero attached hydrogens (tertiary/aromatic N) is 1. The molecule has 0 saturated heterocycles. The lowest BCUT2D eigenvalue weighted by Gasteiger charge is -2.15. The van der Waals surface area contributed by atoms with Crippen molar-refractivity contribution in [2.75, 3.05) is 11.9 Å². The van der Waals surface area contributed by atoms with Crippen molar-refractivity contribution in [3.8, 4) is 0 Å². The van der Waals surface area contributed by atoms with Gasteiger partial charge >= 0.3 is 0 Å². The normalized spacial score (nSPS) is 11.9. The molecule has 0 aliphatic heterocycles. The second kappa shape index (κ2) is 8.53. The van der Waals surface area contributed by atoms with E-state index in [-0.39, 0.29) is 0 Å². The van der Waals surface area contributed by atoms with E-state index in [9.17, 15) is 0 Å². The largest absolute Gasteiger partial charge is 0.344 e. The Morgan fingerprint density at radius 1 is 1.12 bits per heavy atom. The molecule has 2 aromatic rings. The highest BCUT2D eigenvalue weighted by molar-refractivity contribution is 6.31. The van der Waals surface area contributed by atoms with E-state index >= 15 is 0 Å². The van der Waals surface area contributed by atoms with Crippen LogP contribution in [-0.4, -0.2) is 12.4 Å². The summed E-state index contributed by atoms with van der Waals surface area (Å²) in [5.74, 6) is 1.40. The van der Waals surface area contributed by atoms with Crippen LogP contribution in [0.5, 0.6) is 0 Å². The molecule has 0 aliphatic carbocycles. The molecule has 0 aromatic heterocycles. The summed E-state index contributed by atoms with van der Waals surface area (Å²) < 4.78 is 0. The summed E-state index contributed by atoms with van der Waals surface area (Å²) in [7, 11) is 0. The van der Waals surface area contributed by atoms with Crippen LogP contribution in [0, 0.1) is 13.8 Å². The highest BCUT2D eigenvalue weighted by atomic mass is 35.5. The fourth-order valence-corrected chi connectivity index (χ4v) is 3.46. The average molecular weight is 357 g/mol. The minimum atomic E-state index is 0.448. The van der Waals surface area contributed by atoms with Crippen LogP contribution < -0.4 is 5.32 Å². The van der Waals surface area contributed by atoms with Gasteiger partial charge in [0.25, 0.3) is 0 Å². The Labute approximate surface area is 157 Å². The number of aryl methyl sites for hydroxylation is 2. The Kier molecular flexibility index (Phi) is 6.66. The number of hydrogen-bond donors (Lipinski definition) is 1. The zero-order valence-electron chi connectivity index (χ0n) is 16.2. The summed E-state index contributed by atoms with van der Waals surface area (Å²) in [6, 6.07) is 10.9. The fourth-order valence-electron chi connectivity index (χ4n) is 3.04. The standard InChI is InChI=1S/C22H29ClN2/c1-7-24-17(6)25-22-11-15(4)19(10-16(22)5)12-18-8-9-20(14(2)3)21(23)13-18/h8-11,13-14H,7,12H2,1-6H3,(H,24,25). The van der Waals surface area contributed by atoms with Crippen molar-refractivity contribution in [1.29, 1.82) is 0 Å². The van der Waals surface area contributed by atoms with Gasteiger partial charge in [0.05, 0.1) is 5.84 Å². The van der Waals surface area contributed by atoms with Gasteiger partial charge in [-0.1, -0.05) is 43.6 Å². The molecule has 0 bridgehead atoms. The van der Waals surface area contributed by atoms with E-state index in [1.807, 2.05) is 13.8 Å². The predicted molar refractivity (Wildman–Crippen MR) is 112 cm³/mol. The number of benzene rings is 2. The molecule has 0 fully saturated rings. The molecule has 0 saturated carbocycles. The van der Waals surface area contributed by atoms with E-state index in [4.69, 9.17) is 11.6 Å². The Balaban J connectivity index is 2.25. The van der Waals surface area contributed by atoms with Crippen molar-refractivity contribution in [3.05, 3.63) is 63.2 Å². The van der Waals surface area contributed by atoms with Crippen molar-refractivity contribution >= 4 is 23.1 Å². The number of rotatable bonds is 5. The van der Waals surface area contributed by atoms with E-state index in [1.54, 1.807) is 0 Å². The maximum Gasteiger partial charge on any atom is 0.0975 e. The zero-order valence-corrected chi connectivity index (χ0v) is 17.0. The number of nitrogens with one attached hydrogen (secondary N) is 1. The lowest BCUT2D eigenvalue weighted by molar-refractivity contribution is 0.865. The van der Waals surface area contributed by atoms with E-state index < -0.39 is 0 Å². The molecule has 3 heteroatoms. The van der Waals surface area contributed by atoms with Crippen molar-refractivity contribution in [3.63, 3.8) is 0 Å². The molecule has 1 N–H and O–H groups in total. The first-order chi connectivity index (χ1) is 11.8. The molecule has 134 valence electrons. The highest BCUT2D eigenvalue weighted by Gasteiger charge is 2.09. The van der Waals surface area contributed by atoms with Gasteiger partial charge in [-0.3, -0.25) is 4.99 Å². The third-order valence-electron chi connectivity index (χ3n) is 4.48. The van der Waals surface area contributed by atoms with Crippen molar-refractivity contribution in [2.24, 2.45) is 4.99 Å². The lowest BCUT2D eigenvalue weighted by atomic mass is 9.95. The minimum absolute atomic E-state index is 0.448. The topological polar surface area (TPSA) is 24.4 Å². The summed E-state index contributed by atoms with van der Waals surface area (Å²) in [5, 5.41) is 4.27. The molecule has 0 heterocycles. The number of hydrogen-bond acceptors (Lipinski definition) is 1. The molecule has 0 spiro atoms. The van der Waals surface area contributed by atoms with Crippen LogP contribution in [0.3, 0.4) is 0 Å². The monoisotopic (exact) mass is 356 g/mol. The highest BCUT2D eigenvalue weighted by Crippen LogP contribution is 2.28. The van der Waals surface area contributed by atoms with Crippen LogP contribution >= 0.6 is 11.6 Å². The molecule has 0 amide bonds. The summed E-state index contributed by atoms with van der Waals surface area (Å²) >= 11 is 6.45. The Hall–Kier alpha value is -1.80. The third-order valence-corrected chi connectivity index (χ3v) is 4.80. The van der Waals surface area contributed by atoms with E-state index in [1.165, 1.54) is 27.8 Å². The lowest BCUT2D eigenvalue weighted by Crippen LogP contribution is -2.09. The van der Waals surface area contributed by atoms with Crippen molar-refractivity contribution in [2.45, 2.75) is 53.9 Å². The Morgan fingerprint density at radius 2 is 1.84 bits per heavy atom. The van der Waals surface area contributed by atoms with Crippen molar-refractivity contribution in [1.82, 2.24) is 0 Å². The molecule has 0 unspecified atom stereocenters. The van der Waals surface area contributed by atoms with Gasteiger partial charge in [-0.05, 0) is 80.0 Å². The Bertz CT molecular complexity index is 776.